The van der Waals surface area contributed by atoms with Gasteiger partial charge in [0.15, 0.2) is 0 Å². The van der Waals surface area contributed by atoms with Crippen molar-refractivity contribution in [2.45, 2.75) is 51.2 Å². The van der Waals surface area contributed by atoms with Crippen molar-refractivity contribution in [3.8, 4) is 22.3 Å². The number of carbonyl (C=O) groups is 3. The van der Waals surface area contributed by atoms with E-state index in [0.717, 1.165) is 28.7 Å². The van der Waals surface area contributed by atoms with Gasteiger partial charge in [-0.3, -0.25) is 15.0 Å². The maximum atomic E-state index is 13.3. The number of anilines is 2. The number of carbonyl (C=O) groups excluding carboxylic acids is 3. The highest BCUT2D eigenvalue weighted by atomic mass is 16.6. The molecule has 1 saturated heterocycles. The molecule has 1 atom stereocenters. The molecule has 45 heavy (non-hydrogen) atoms. The van der Waals surface area contributed by atoms with Crippen LogP contribution in [0.2, 0.25) is 0 Å². The SMILES string of the molecule is CC(C)(C)OC(=O)Nc1ccc(-c2ccc(NC(=O)[C@@H]3CCCN3C(=O)OCC3c4ccccc4-c4ccccc43)cc2)cc1. The molecule has 0 bridgehead atoms. The van der Waals surface area contributed by atoms with Gasteiger partial charge < -0.3 is 14.8 Å². The van der Waals surface area contributed by atoms with Gasteiger partial charge in [0, 0.05) is 23.8 Å². The van der Waals surface area contributed by atoms with Crippen LogP contribution in [-0.2, 0) is 14.3 Å². The molecule has 3 amide bonds. The van der Waals surface area contributed by atoms with Gasteiger partial charge in [-0.25, -0.2) is 9.59 Å². The highest BCUT2D eigenvalue weighted by molar-refractivity contribution is 5.97. The normalized spacial score (nSPS) is 15.6. The van der Waals surface area contributed by atoms with Crippen molar-refractivity contribution in [2.24, 2.45) is 0 Å². The molecule has 4 aromatic carbocycles. The van der Waals surface area contributed by atoms with Crippen molar-refractivity contribution < 1.29 is 23.9 Å². The minimum Gasteiger partial charge on any atom is -0.448 e. The third kappa shape index (κ3) is 6.70. The number of ether oxygens (including phenoxy) is 2. The number of nitrogens with zero attached hydrogens (tertiary/aromatic N) is 1. The fraction of sp³-hybridized carbons (Fsp3) is 0.270. The molecular formula is C37H37N3O5. The van der Waals surface area contributed by atoms with Crippen LogP contribution < -0.4 is 10.6 Å². The fourth-order valence-electron chi connectivity index (χ4n) is 6.07. The van der Waals surface area contributed by atoms with Crippen molar-refractivity contribution in [2.75, 3.05) is 23.8 Å². The summed E-state index contributed by atoms with van der Waals surface area (Å²) in [4.78, 5) is 40.1. The molecule has 1 fully saturated rings. The second-order valence-corrected chi connectivity index (χ2v) is 12.4. The van der Waals surface area contributed by atoms with Gasteiger partial charge in [-0.15, -0.1) is 0 Å². The molecule has 8 heteroatoms. The molecule has 230 valence electrons. The van der Waals surface area contributed by atoms with Gasteiger partial charge in [-0.05, 0) is 91.3 Å². The quantitative estimate of drug-likeness (QED) is 0.232. The summed E-state index contributed by atoms with van der Waals surface area (Å²) in [6.45, 7) is 6.14. The number of amides is 3. The van der Waals surface area contributed by atoms with Crippen molar-refractivity contribution in [1.29, 1.82) is 0 Å². The van der Waals surface area contributed by atoms with Crippen molar-refractivity contribution in [3.63, 3.8) is 0 Å². The van der Waals surface area contributed by atoms with Crippen LogP contribution in [0, 0.1) is 0 Å². The molecule has 2 N–H and O–H groups in total. The van der Waals surface area contributed by atoms with Crippen LogP contribution >= 0.6 is 0 Å². The molecule has 1 aliphatic carbocycles. The van der Waals surface area contributed by atoms with E-state index in [9.17, 15) is 14.4 Å². The monoisotopic (exact) mass is 603 g/mol. The largest absolute Gasteiger partial charge is 0.448 e. The van der Waals surface area contributed by atoms with E-state index in [1.165, 1.54) is 11.1 Å². The molecule has 1 aliphatic heterocycles. The Morgan fingerprint density at radius 2 is 1.29 bits per heavy atom. The lowest BCUT2D eigenvalue weighted by Gasteiger charge is -2.24. The molecule has 2 aliphatic rings. The molecule has 4 aromatic rings. The van der Waals surface area contributed by atoms with Gasteiger partial charge in [-0.1, -0.05) is 72.8 Å². The Kier molecular flexibility index (Phi) is 8.30. The molecule has 0 spiro atoms. The lowest BCUT2D eigenvalue weighted by atomic mass is 9.98. The predicted molar refractivity (Wildman–Crippen MR) is 175 cm³/mol. The summed E-state index contributed by atoms with van der Waals surface area (Å²) in [7, 11) is 0. The number of benzene rings is 4. The van der Waals surface area contributed by atoms with E-state index in [4.69, 9.17) is 9.47 Å². The number of hydrogen-bond donors (Lipinski definition) is 2. The van der Waals surface area contributed by atoms with E-state index < -0.39 is 23.8 Å². The summed E-state index contributed by atoms with van der Waals surface area (Å²) in [6, 6.07) is 30.8. The minimum absolute atomic E-state index is 0.0350. The molecule has 1 heterocycles. The second-order valence-electron chi connectivity index (χ2n) is 12.4. The van der Waals surface area contributed by atoms with Crippen molar-refractivity contribution >= 4 is 29.5 Å². The Morgan fingerprint density at radius 1 is 0.756 bits per heavy atom. The summed E-state index contributed by atoms with van der Waals surface area (Å²) < 4.78 is 11.1. The van der Waals surface area contributed by atoms with Crippen LogP contribution in [0.4, 0.5) is 21.0 Å². The second kappa shape index (κ2) is 12.5. The first-order chi connectivity index (χ1) is 21.7. The molecule has 0 aromatic heterocycles. The predicted octanol–water partition coefficient (Wildman–Crippen LogP) is 8.05. The Morgan fingerprint density at radius 3 is 1.84 bits per heavy atom. The molecule has 0 saturated carbocycles. The van der Waals surface area contributed by atoms with Gasteiger partial charge >= 0.3 is 12.2 Å². The van der Waals surface area contributed by atoms with Crippen molar-refractivity contribution in [1.82, 2.24) is 4.90 Å². The third-order valence-electron chi connectivity index (χ3n) is 8.14. The van der Waals surface area contributed by atoms with Gasteiger partial charge in [0.25, 0.3) is 0 Å². The highest BCUT2D eigenvalue weighted by Crippen LogP contribution is 2.44. The minimum atomic E-state index is -0.592. The Labute approximate surface area is 263 Å². The van der Waals surface area contributed by atoms with E-state index in [1.807, 2.05) is 93.6 Å². The van der Waals surface area contributed by atoms with Gasteiger partial charge in [0.1, 0.15) is 18.2 Å². The van der Waals surface area contributed by atoms with Crippen LogP contribution in [0.5, 0.6) is 0 Å². The topological polar surface area (TPSA) is 97.0 Å². The molecule has 0 unspecified atom stereocenters. The van der Waals surface area contributed by atoms with E-state index in [1.54, 1.807) is 4.90 Å². The van der Waals surface area contributed by atoms with E-state index in [-0.39, 0.29) is 18.4 Å². The zero-order valence-electron chi connectivity index (χ0n) is 25.7. The Hall–Kier alpha value is -5.11. The van der Waals surface area contributed by atoms with Crippen LogP contribution in [0.25, 0.3) is 22.3 Å². The number of rotatable bonds is 6. The number of hydrogen-bond acceptors (Lipinski definition) is 5. The van der Waals surface area contributed by atoms with Crippen LogP contribution in [0.15, 0.2) is 97.1 Å². The lowest BCUT2D eigenvalue weighted by Crippen LogP contribution is -2.43. The first-order valence-corrected chi connectivity index (χ1v) is 15.3. The molecule has 6 rings (SSSR count). The maximum absolute atomic E-state index is 13.3. The maximum Gasteiger partial charge on any atom is 0.412 e. The zero-order chi connectivity index (χ0) is 31.6. The first-order valence-electron chi connectivity index (χ1n) is 15.3. The van der Waals surface area contributed by atoms with Gasteiger partial charge in [0.2, 0.25) is 5.91 Å². The lowest BCUT2D eigenvalue weighted by molar-refractivity contribution is -0.120. The van der Waals surface area contributed by atoms with Crippen LogP contribution in [-0.4, -0.2) is 47.8 Å². The first kappa shape index (κ1) is 29.9. The van der Waals surface area contributed by atoms with Gasteiger partial charge in [-0.2, -0.15) is 0 Å². The number of fused-ring (bicyclic) bond motifs is 3. The smallest absolute Gasteiger partial charge is 0.412 e. The van der Waals surface area contributed by atoms with Crippen LogP contribution in [0.3, 0.4) is 0 Å². The van der Waals surface area contributed by atoms with E-state index in [0.29, 0.717) is 24.3 Å². The summed E-state index contributed by atoms with van der Waals surface area (Å²) in [5.41, 5.74) is 7.27. The Balaban J connectivity index is 1.04. The summed E-state index contributed by atoms with van der Waals surface area (Å²) in [6.07, 6.45) is 0.349. The number of nitrogens with one attached hydrogen (secondary N) is 2. The highest BCUT2D eigenvalue weighted by Gasteiger charge is 2.36. The average Bonchev–Trinajstić information content (AvgIpc) is 3.64. The molecular weight excluding hydrogens is 566 g/mol. The Bertz CT molecular complexity index is 1660. The standard InChI is InChI=1S/C37H37N3O5/c1-37(2,3)45-35(42)39-27-20-16-25(17-21-27)24-14-18-26(19-15-24)38-34(41)33-13-8-22-40(33)36(43)44-23-32-30-11-6-4-9-28(30)29-10-5-7-12-31(29)32/h4-7,9-12,14-21,32-33H,8,13,22-23H2,1-3H3,(H,38,41)(H,39,42)/t33-/m0/s1. The average molecular weight is 604 g/mol. The van der Waals surface area contributed by atoms with Crippen LogP contribution in [0.1, 0.15) is 50.7 Å². The summed E-state index contributed by atoms with van der Waals surface area (Å²) >= 11 is 0. The van der Waals surface area contributed by atoms with Gasteiger partial charge in [0.05, 0.1) is 0 Å². The third-order valence-corrected chi connectivity index (χ3v) is 8.14. The summed E-state index contributed by atoms with van der Waals surface area (Å²) in [5, 5.41) is 5.70. The number of likely N-dealkylation sites (tertiary alicyclic amines) is 1. The zero-order valence-corrected chi connectivity index (χ0v) is 25.7. The van der Waals surface area contributed by atoms with Crippen molar-refractivity contribution in [3.05, 3.63) is 108 Å². The molecule has 0 radical (unpaired) electrons. The summed E-state index contributed by atoms with van der Waals surface area (Å²) in [5.74, 6) is -0.265. The fourth-order valence-corrected chi connectivity index (χ4v) is 6.07. The van der Waals surface area contributed by atoms with E-state index in [2.05, 4.69) is 34.9 Å². The molecule has 8 nitrogen and oxygen atoms in total. The van der Waals surface area contributed by atoms with E-state index >= 15 is 0 Å².